The first-order valence-corrected chi connectivity index (χ1v) is 4.20. The molecule has 13 heavy (non-hydrogen) atoms. The van der Waals surface area contributed by atoms with Crippen molar-refractivity contribution in [2.24, 2.45) is 0 Å². The van der Waals surface area contributed by atoms with Gasteiger partial charge in [-0.15, -0.1) is 0 Å². The van der Waals surface area contributed by atoms with Crippen LogP contribution in [0.2, 0.25) is 0 Å². The Bertz CT molecular complexity index is 335. The van der Waals surface area contributed by atoms with E-state index in [2.05, 4.69) is 0 Å². The lowest BCUT2D eigenvalue weighted by Crippen LogP contribution is -2.26. The molecule has 1 aromatic carbocycles. The molecule has 0 spiro atoms. The van der Waals surface area contributed by atoms with Crippen LogP contribution in [-0.4, -0.2) is 24.6 Å². The molecule has 0 saturated heterocycles. The summed E-state index contributed by atoms with van der Waals surface area (Å²) in [5.74, 6) is 0.0353. The van der Waals surface area contributed by atoms with Gasteiger partial charge in [-0.05, 0) is 11.6 Å². The second-order valence-corrected chi connectivity index (χ2v) is 3.14. The molecule has 1 aromatic rings. The third-order valence-electron chi connectivity index (χ3n) is 2.14. The Morgan fingerprint density at radius 1 is 1.38 bits per heavy atom. The number of fused-ring (bicyclic) bond motifs is 1. The van der Waals surface area contributed by atoms with Crippen molar-refractivity contribution in [1.82, 2.24) is 4.90 Å². The highest BCUT2D eigenvalue weighted by Crippen LogP contribution is 2.15. The molecule has 3 nitrogen and oxygen atoms in total. The van der Waals surface area contributed by atoms with Crippen LogP contribution in [0.5, 0.6) is 0 Å². The van der Waals surface area contributed by atoms with Crippen molar-refractivity contribution < 1.29 is 9.53 Å². The third kappa shape index (κ3) is 1.42. The van der Waals surface area contributed by atoms with E-state index in [9.17, 15) is 4.79 Å². The van der Waals surface area contributed by atoms with Crippen molar-refractivity contribution in [2.45, 2.75) is 6.61 Å². The van der Waals surface area contributed by atoms with E-state index in [4.69, 9.17) is 4.74 Å². The number of ether oxygens (including phenoxy) is 1. The van der Waals surface area contributed by atoms with Crippen molar-refractivity contribution >= 4 is 5.91 Å². The lowest BCUT2D eigenvalue weighted by atomic mass is 10.1. The summed E-state index contributed by atoms with van der Waals surface area (Å²) in [5, 5.41) is 0. The first-order chi connectivity index (χ1) is 6.29. The minimum absolute atomic E-state index is 0.0353. The van der Waals surface area contributed by atoms with Crippen LogP contribution in [-0.2, 0) is 11.3 Å². The maximum atomic E-state index is 11.7. The molecule has 0 bridgehead atoms. The van der Waals surface area contributed by atoms with Gasteiger partial charge in [0.2, 0.25) is 0 Å². The van der Waals surface area contributed by atoms with Crippen LogP contribution in [0.15, 0.2) is 24.3 Å². The van der Waals surface area contributed by atoms with Crippen molar-refractivity contribution in [3.63, 3.8) is 0 Å². The lowest BCUT2D eigenvalue weighted by molar-refractivity contribution is 0.0339. The smallest absolute Gasteiger partial charge is 0.255 e. The van der Waals surface area contributed by atoms with Gasteiger partial charge in [-0.3, -0.25) is 4.79 Å². The van der Waals surface area contributed by atoms with Gasteiger partial charge in [0.25, 0.3) is 5.91 Å². The van der Waals surface area contributed by atoms with Gasteiger partial charge < -0.3 is 9.64 Å². The summed E-state index contributed by atoms with van der Waals surface area (Å²) in [5.41, 5.74) is 1.72. The number of nitrogens with zero attached hydrogens (tertiary/aromatic N) is 1. The second kappa shape index (κ2) is 3.18. The Kier molecular flexibility index (Phi) is 2.02. The van der Waals surface area contributed by atoms with Crippen molar-refractivity contribution in [1.29, 1.82) is 0 Å². The Morgan fingerprint density at radius 3 is 3.00 bits per heavy atom. The summed E-state index contributed by atoms with van der Waals surface area (Å²) >= 11 is 0. The molecule has 68 valence electrons. The van der Waals surface area contributed by atoms with Crippen molar-refractivity contribution in [3.05, 3.63) is 35.4 Å². The highest BCUT2D eigenvalue weighted by Gasteiger charge is 2.18. The highest BCUT2D eigenvalue weighted by atomic mass is 16.5. The van der Waals surface area contributed by atoms with Crippen molar-refractivity contribution in [2.75, 3.05) is 13.8 Å². The zero-order chi connectivity index (χ0) is 9.26. The minimum Gasteiger partial charge on any atom is -0.356 e. The molecular weight excluding hydrogens is 166 g/mol. The Balaban J connectivity index is 2.46. The van der Waals surface area contributed by atoms with Gasteiger partial charge >= 0.3 is 0 Å². The van der Waals surface area contributed by atoms with E-state index >= 15 is 0 Å². The SMILES string of the molecule is CN1COCc2ccccc2C1=O. The predicted molar refractivity (Wildman–Crippen MR) is 48.2 cm³/mol. The standard InChI is InChI=1S/C10H11NO2/c1-11-7-13-6-8-4-2-3-5-9(8)10(11)12/h2-5H,6-7H2,1H3. The number of hydrogen-bond acceptors (Lipinski definition) is 2. The number of carbonyl (C=O) groups is 1. The first kappa shape index (κ1) is 8.26. The van der Waals surface area contributed by atoms with Gasteiger partial charge in [0, 0.05) is 12.6 Å². The molecule has 1 aliphatic heterocycles. The van der Waals surface area contributed by atoms with Crippen LogP contribution < -0.4 is 0 Å². The van der Waals surface area contributed by atoms with Crippen LogP contribution in [0.1, 0.15) is 15.9 Å². The molecule has 0 aromatic heterocycles. The molecule has 2 rings (SSSR count). The number of amides is 1. The molecule has 0 unspecified atom stereocenters. The molecule has 0 radical (unpaired) electrons. The maximum Gasteiger partial charge on any atom is 0.255 e. The molecule has 0 saturated carbocycles. The maximum absolute atomic E-state index is 11.7. The van der Waals surface area contributed by atoms with Gasteiger partial charge in [-0.25, -0.2) is 0 Å². The topological polar surface area (TPSA) is 29.5 Å². The van der Waals surface area contributed by atoms with Gasteiger partial charge in [0.1, 0.15) is 6.73 Å². The van der Waals surface area contributed by atoms with Crippen LogP contribution in [0.25, 0.3) is 0 Å². The fraction of sp³-hybridized carbons (Fsp3) is 0.300. The fourth-order valence-electron chi connectivity index (χ4n) is 1.41. The number of carbonyl (C=O) groups excluding carboxylic acids is 1. The molecule has 1 aliphatic rings. The lowest BCUT2D eigenvalue weighted by Gasteiger charge is -2.12. The molecule has 1 heterocycles. The average Bonchev–Trinajstić information content (AvgIpc) is 2.29. The number of hydrogen-bond donors (Lipinski definition) is 0. The van der Waals surface area contributed by atoms with E-state index in [1.54, 1.807) is 11.9 Å². The summed E-state index contributed by atoms with van der Waals surface area (Å²) in [6.45, 7) is 0.889. The zero-order valence-corrected chi connectivity index (χ0v) is 7.49. The first-order valence-electron chi connectivity index (χ1n) is 4.20. The molecule has 0 N–H and O–H groups in total. The van der Waals surface area contributed by atoms with E-state index in [1.807, 2.05) is 24.3 Å². The van der Waals surface area contributed by atoms with E-state index < -0.39 is 0 Å². The van der Waals surface area contributed by atoms with Gasteiger partial charge in [-0.2, -0.15) is 0 Å². The predicted octanol–water partition coefficient (Wildman–Crippen LogP) is 1.25. The van der Waals surface area contributed by atoms with Crippen LogP contribution in [0, 0.1) is 0 Å². The third-order valence-corrected chi connectivity index (χ3v) is 2.14. The van der Waals surface area contributed by atoms with E-state index in [0.717, 1.165) is 11.1 Å². The molecule has 1 amide bonds. The van der Waals surface area contributed by atoms with Crippen LogP contribution in [0.3, 0.4) is 0 Å². The van der Waals surface area contributed by atoms with Crippen molar-refractivity contribution in [3.8, 4) is 0 Å². The molecular formula is C10H11NO2. The quantitative estimate of drug-likeness (QED) is 0.596. The molecule has 0 aliphatic carbocycles. The Hall–Kier alpha value is -1.35. The van der Waals surface area contributed by atoms with E-state index in [0.29, 0.717) is 13.3 Å². The largest absolute Gasteiger partial charge is 0.356 e. The summed E-state index contributed by atoms with van der Waals surface area (Å²) in [7, 11) is 1.74. The monoisotopic (exact) mass is 177 g/mol. The highest BCUT2D eigenvalue weighted by molar-refractivity contribution is 5.95. The summed E-state index contributed by atoms with van der Waals surface area (Å²) < 4.78 is 5.31. The molecule has 0 fully saturated rings. The minimum atomic E-state index is 0.0353. The summed E-state index contributed by atoms with van der Waals surface area (Å²) in [6.07, 6.45) is 0. The van der Waals surface area contributed by atoms with Gasteiger partial charge in [-0.1, -0.05) is 18.2 Å². The normalized spacial score (nSPS) is 16.7. The van der Waals surface area contributed by atoms with Crippen LogP contribution in [0.4, 0.5) is 0 Å². The van der Waals surface area contributed by atoms with E-state index in [1.165, 1.54) is 0 Å². The van der Waals surface area contributed by atoms with Gasteiger partial charge in [0.15, 0.2) is 0 Å². The van der Waals surface area contributed by atoms with Crippen LogP contribution >= 0.6 is 0 Å². The molecule has 0 atom stereocenters. The fourth-order valence-corrected chi connectivity index (χ4v) is 1.41. The number of rotatable bonds is 0. The van der Waals surface area contributed by atoms with E-state index in [-0.39, 0.29) is 5.91 Å². The number of benzene rings is 1. The average molecular weight is 177 g/mol. The Morgan fingerprint density at radius 2 is 2.15 bits per heavy atom. The molecule has 3 heteroatoms. The van der Waals surface area contributed by atoms with Gasteiger partial charge in [0.05, 0.1) is 6.61 Å². The zero-order valence-electron chi connectivity index (χ0n) is 7.49. The summed E-state index contributed by atoms with van der Waals surface area (Å²) in [6, 6.07) is 7.55. The second-order valence-electron chi connectivity index (χ2n) is 3.14. The Labute approximate surface area is 76.9 Å². The summed E-state index contributed by atoms with van der Waals surface area (Å²) in [4.78, 5) is 13.3.